The number of amides is 2. The molecule has 2 heterocycles. The third-order valence-electron chi connectivity index (χ3n) is 10.4. The summed E-state index contributed by atoms with van der Waals surface area (Å²) >= 11 is 11.9. The first-order valence-electron chi connectivity index (χ1n) is 21.1. The molecule has 0 bridgehead atoms. The standard InChI is InChI=1S/2C26H25ClN4O/c2*1-19-17-31(18-29-19)24-13-11-23(12-14-24)30-26(32)25(21-5-3-2-4-6-21)28-16-15-20-7-9-22(27)10-8-20/h2*2-14,17-18,25,28H,15-16H2,1H3,(H,30,32)/t2*25-/m10/s1. The van der Waals surface area contributed by atoms with E-state index in [0.717, 1.165) is 68.2 Å². The van der Waals surface area contributed by atoms with Crippen molar-refractivity contribution in [2.75, 3.05) is 23.7 Å². The number of hydrogen-bond donors (Lipinski definition) is 4. The van der Waals surface area contributed by atoms with Crippen LogP contribution in [0, 0.1) is 13.8 Å². The van der Waals surface area contributed by atoms with Crippen molar-refractivity contribution >= 4 is 46.4 Å². The predicted molar refractivity (Wildman–Crippen MR) is 259 cm³/mol. The van der Waals surface area contributed by atoms with E-state index in [1.807, 2.05) is 193 Å². The van der Waals surface area contributed by atoms with Gasteiger partial charge in [-0.05, 0) is 122 Å². The van der Waals surface area contributed by atoms with Crippen molar-refractivity contribution < 1.29 is 9.59 Å². The molecule has 6 aromatic carbocycles. The van der Waals surface area contributed by atoms with Gasteiger partial charge < -0.3 is 30.4 Å². The average molecular weight is 890 g/mol. The van der Waals surface area contributed by atoms with Crippen LogP contribution in [0.4, 0.5) is 11.4 Å². The van der Waals surface area contributed by atoms with Gasteiger partial charge in [-0.2, -0.15) is 0 Å². The second-order valence-corrected chi connectivity index (χ2v) is 16.1. The molecule has 8 rings (SSSR count). The minimum absolute atomic E-state index is 0.0986. The van der Waals surface area contributed by atoms with E-state index in [0.29, 0.717) is 13.1 Å². The lowest BCUT2D eigenvalue weighted by Crippen LogP contribution is -2.34. The maximum Gasteiger partial charge on any atom is 0.246 e. The number of carbonyl (C=O) groups is 2. The highest BCUT2D eigenvalue weighted by Crippen LogP contribution is 2.21. The number of benzene rings is 6. The molecular formula is C52H50Cl2N8O2. The van der Waals surface area contributed by atoms with Gasteiger partial charge in [-0.25, -0.2) is 9.97 Å². The molecule has 0 aliphatic heterocycles. The lowest BCUT2D eigenvalue weighted by Gasteiger charge is -2.19. The third kappa shape index (κ3) is 13.1. The van der Waals surface area contributed by atoms with Crippen LogP contribution < -0.4 is 21.3 Å². The van der Waals surface area contributed by atoms with E-state index < -0.39 is 12.1 Å². The lowest BCUT2D eigenvalue weighted by molar-refractivity contribution is -0.119. The minimum atomic E-state index is -0.459. The van der Waals surface area contributed by atoms with Crippen LogP contribution in [0.3, 0.4) is 0 Å². The number of aromatic nitrogens is 4. The number of hydrogen-bond acceptors (Lipinski definition) is 6. The second kappa shape index (κ2) is 22.5. The number of nitrogens with zero attached hydrogens (tertiary/aromatic N) is 4. The fraction of sp³-hybridized carbons (Fsp3) is 0.154. The van der Waals surface area contributed by atoms with Gasteiger partial charge >= 0.3 is 0 Å². The first kappa shape index (κ1) is 45.2. The van der Waals surface area contributed by atoms with E-state index in [9.17, 15) is 9.59 Å². The summed E-state index contributed by atoms with van der Waals surface area (Å²) in [5, 5.41) is 14.3. The van der Waals surface area contributed by atoms with Crippen LogP contribution >= 0.6 is 23.2 Å². The first-order valence-corrected chi connectivity index (χ1v) is 21.8. The molecule has 0 fully saturated rings. The van der Waals surface area contributed by atoms with Crippen LogP contribution in [0.25, 0.3) is 11.4 Å². The molecular weight excluding hydrogens is 840 g/mol. The molecule has 8 aromatic rings. The number of rotatable bonds is 16. The first-order chi connectivity index (χ1) is 31.2. The Morgan fingerprint density at radius 2 is 0.859 bits per heavy atom. The van der Waals surface area contributed by atoms with Crippen molar-refractivity contribution in [3.8, 4) is 11.4 Å². The van der Waals surface area contributed by atoms with Crippen molar-refractivity contribution in [1.29, 1.82) is 0 Å². The van der Waals surface area contributed by atoms with Crippen LogP contribution in [0.15, 0.2) is 183 Å². The molecule has 0 saturated heterocycles. The van der Waals surface area contributed by atoms with Crippen molar-refractivity contribution in [2.45, 2.75) is 38.8 Å². The Bertz CT molecular complexity index is 2500. The molecule has 2 amide bonds. The normalized spacial score (nSPS) is 11.8. The summed E-state index contributed by atoms with van der Waals surface area (Å²) < 4.78 is 3.90. The van der Waals surface area contributed by atoms with E-state index in [-0.39, 0.29) is 11.8 Å². The molecule has 12 heteroatoms. The molecule has 0 unspecified atom stereocenters. The highest BCUT2D eigenvalue weighted by Gasteiger charge is 2.21. The van der Waals surface area contributed by atoms with Crippen LogP contribution in [0.1, 0.15) is 45.7 Å². The van der Waals surface area contributed by atoms with Gasteiger partial charge in [0.05, 0.1) is 24.0 Å². The summed E-state index contributed by atoms with van der Waals surface area (Å²) in [7, 11) is 0. The number of carbonyl (C=O) groups excluding carboxylic acids is 2. The summed E-state index contributed by atoms with van der Waals surface area (Å²) in [5.74, 6) is -0.197. The molecule has 0 aliphatic rings. The Morgan fingerprint density at radius 3 is 1.19 bits per heavy atom. The topological polar surface area (TPSA) is 118 Å². The van der Waals surface area contributed by atoms with Gasteiger partial charge in [-0.15, -0.1) is 0 Å². The van der Waals surface area contributed by atoms with E-state index >= 15 is 0 Å². The van der Waals surface area contributed by atoms with Gasteiger partial charge in [0, 0.05) is 58.3 Å². The van der Waals surface area contributed by atoms with Gasteiger partial charge in [-0.3, -0.25) is 9.59 Å². The zero-order chi connectivity index (χ0) is 44.7. The number of halogens is 2. The molecule has 64 heavy (non-hydrogen) atoms. The van der Waals surface area contributed by atoms with Crippen molar-refractivity contribution in [3.05, 3.63) is 226 Å². The zero-order valence-corrected chi connectivity index (χ0v) is 37.2. The Labute approximate surface area is 384 Å². The highest BCUT2D eigenvalue weighted by atomic mass is 35.5. The SMILES string of the molecule is Cc1cn(-c2ccc(NC(=O)[C@@H](NCCc3ccc(Cl)cc3)c3ccccc3)cc2)cn1.Cc1cn(-c2ccc(NC(=O)[C@H](NCCc3ccc(Cl)cc3)c3ccccc3)cc2)cn1. The Morgan fingerprint density at radius 1 is 0.500 bits per heavy atom. The van der Waals surface area contributed by atoms with Gasteiger partial charge in [-0.1, -0.05) is 108 Å². The van der Waals surface area contributed by atoms with Gasteiger partial charge in [0.15, 0.2) is 0 Å². The fourth-order valence-corrected chi connectivity index (χ4v) is 7.28. The molecule has 0 spiro atoms. The average Bonchev–Trinajstić information content (AvgIpc) is 3.97. The zero-order valence-electron chi connectivity index (χ0n) is 35.7. The Kier molecular flexibility index (Phi) is 15.9. The van der Waals surface area contributed by atoms with E-state index in [1.165, 1.54) is 11.1 Å². The predicted octanol–water partition coefficient (Wildman–Crippen LogP) is 10.7. The smallest absolute Gasteiger partial charge is 0.246 e. The van der Waals surface area contributed by atoms with Gasteiger partial charge in [0.1, 0.15) is 12.1 Å². The third-order valence-corrected chi connectivity index (χ3v) is 10.9. The molecule has 4 N–H and O–H groups in total. The molecule has 0 saturated carbocycles. The molecule has 0 aliphatic carbocycles. The van der Waals surface area contributed by atoms with Crippen molar-refractivity contribution in [1.82, 2.24) is 29.7 Å². The lowest BCUT2D eigenvalue weighted by atomic mass is 10.1. The number of imidazole rings is 2. The van der Waals surface area contributed by atoms with Crippen LogP contribution in [0.2, 0.25) is 10.0 Å². The number of nitrogens with one attached hydrogen (secondary N) is 4. The summed E-state index contributed by atoms with van der Waals surface area (Å²) in [6.45, 7) is 5.23. The summed E-state index contributed by atoms with van der Waals surface area (Å²) in [6.07, 6.45) is 9.07. The van der Waals surface area contributed by atoms with Gasteiger partial charge in [0.2, 0.25) is 11.8 Å². The second-order valence-electron chi connectivity index (χ2n) is 15.3. The minimum Gasteiger partial charge on any atom is -0.324 e. The highest BCUT2D eigenvalue weighted by molar-refractivity contribution is 6.30. The van der Waals surface area contributed by atoms with E-state index in [1.54, 1.807) is 12.7 Å². The largest absolute Gasteiger partial charge is 0.324 e. The molecule has 10 nitrogen and oxygen atoms in total. The fourth-order valence-electron chi connectivity index (χ4n) is 7.03. The summed E-state index contributed by atoms with van der Waals surface area (Å²) in [5.41, 5.74) is 9.56. The summed E-state index contributed by atoms with van der Waals surface area (Å²) in [6, 6.07) is 49.6. The van der Waals surface area contributed by atoms with E-state index in [2.05, 4.69) is 31.2 Å². The number of anilines is 2. The quantitative estimate of drug-likeness (QED) is 0.0768. The maximum absolute atomic E-state index is 13.2. The van der Waals surface area contributed by atoms with Gasteiger partial charge in [0.25, 0.3) is 0 Å². The van der Waals surface area contributed by atoms with Crippen LogP contribution in [-0.4, -0.2) is 44.0 Å². The molecule has 2 atom stereocenters. The summed E-state index contributed by atoms with van der Waals surface area (Å²) in [4.78, 5) is 34.8. The Balaban J connectivity index is 0.000000191. The molecule has 324 valence electrons. The monoisotopic (exact) mass is 888 g/mol. The molecule has 0 radical (unpaired) electrons. The van der Waals surface area contributed by atoms with Crippen molar-refractivity contribution in [2.24, 2.45) is 0 Å². The van der Waals surface area contributed by atoms with Crippen LogP contribution in [-0.2, 0) is 22.4 Å². The number of aryl methyl sites for hydroxylation is 2. The molecule has 2 aromatic heterocycles. The maximum atomic E-state index is 13.2. The van der Waals surface area contributed by atoms with E-state index in [4.69, 9.17) is 23.2 Å². The van der Waals surface area contributed by atoms with Crippen LogP contribution in [0.5, 0.6) is 0 Å². The Hall–Kier alpha value is -6.82. The van der Waals surface area contributed by atoms with Crippen molar-refractivity contribution in [3.63, 3.8) is 0 Å².